The van der Waals surface area contributed by atoms with Gasteiger partial charge < -0.3 is 10.2 Å². The van der Waals surface area contributed by atoms with Gasteiger partial charge in [-0.05, 0) is 6.07 Å². The molecule has 1 aromatic carbocycles. The van der Waals surface area contributed by atoms with Crippen molar-refractivity contribution >= 4 is 29.7 Å². The van der Waals surface area contributed by atoms with Crippen molar-refractivity contribution in [1.82, 2.24) is 0 Å². The molecule has 0 aliphatic heterocycles. The molecule has 0 radical (unpaired) electrons. The highest BCUT2D eigenvalue weighted by atomic mass is 35.5. The molecular weight excluding hydrogens is 210 g/mol. The van der Waals surface area contributed by atoms with Crippen LogP contribution in [-0.4, -0.2) is 22.6 Å². The Labute approximate surface area is 83.9 Å². The third-order valence-electron chi connectivity index (χ3n) is 1.49. The van der Waals surface area contributed by atoms with E-state index in [0.29, 0.717) is 6.29 Å². The Kier molecular flexibility index (Phi) is 2.93. The molecule has 1 amide bonds. The van der Waals surface area contributed by atoms with Crippen LogP contribution < -0.4 is 5.32 Å². The van der Waals surface area contributed by atoms with Gasteiger partial charge in [0.2, 0.25) is 0 Å². The highest BCUT2D eigenvalue weighted by molar-refractivity contribution is 6.32. The Bertz CT molecular complexity index is 391. The van der Waals surface area contributed by atoms with E-state index < -0.39 is 6.09 Å². The Balaban J connectivity index is 3.19. The summed E-state index contributed by atoms with van der Waals surface area (Å²) in [6.45, 7) is 0. The zero-order valence-corrected chi connectivity index (χ0v) is 7.58. The first-order chi connectivity index (χ1) is 6.54. The second kappa shape index (κ2) is 3.97. The fraction of sp³-hybridized carbons (Fsp3) is 0. The molecule has 0 saturated carbocycles. The lowest BCUT2D eigenvalue weighted by Gasteiger charge is -2.05. The smallest absolute Gasteiger partial charge is 0.409 e. The molecule has 0 aliphatic carbocycles. The van der Waals surface area contributed by atoms with Gasteiger partial charge in [-0.2, -0.15) is 0 Å². The second-order valence-electron chi connectivity index (χ2n) is 2.44. The van der Waals surface area contributed by atoms with Crippen molar-refractivity contribution in [1.29, 1.82) is 0 Å². The maximum absolute atomic E-state index is 10.5. The lowest BCUT2D eigenvalue weighted by Crippen LogP contribution is -2.09. The zero-order valence-electron chi connectivity index (χ0n) is 6.82. The third-order valence-corrected chi connectivity index (χ3v) is 1.79. The molecule has 0 unspecified atom stereocenters. The number of rotatable bonds is 2. The van der Waals surface area contributed by atoms with Gasteiger partial charge in [-0.1, -0.05) is 11.6 Å². The van der Waals surface area contributed by atoms with Crippen LogP contribution in [0, 0.1) is 0 Å². The summed E-state index contributed by atoms with van der Waals surface area (Å²) >= 11 is 5.52. The number of nitrogens with one attached hydrogen (secondary N) is 1. The minimum atomic E-state index is -1.32. The maximum atomic E-state index is 10.5. The van der Waals surface area contributed by atoms with E-state index in [1.165, 1.54) is 6.07 Å². The third kappa shape index (κ3) is 2.14. The first-order valence-corrected chi connectivity index (χ1v) is 3.90. The molecule has 0 heterocycles. The minimum Gasteiger partial charge on any atom is -0.506 e. The van der Waals surface area contributed by atoms with E-state index >= 15 is 0 Å². The van der Waals surface area contributed by atoms with Crippen molar-refractivity contribution in [2.24, 2.45) is 0 Å². The van der Waals surface area contributed by atoms with Crippen LogP contribution in [-0.2, 0) is 0 Å². The first kappa shape index (κ1) is 10.3. The molecule has 74 valence electrons. The molecule has 0 atom stereocenters. The summed E-state index contributed by atoms with van der Waals surface area (Å²) in [4.78, 5) is 20.8. The molecular formula is C8H6ClNO4. The standard InChI is InChI=1S/C8H6ClNO4/c9-5-1-4(3-11)6(2-7(5)12)10-8(13)14/h1-3,10,12H,(H,13,14). The summed E-state index contributed by atoms with van der Waals surface area (Å²) in [5.41, 5.74) is 0.0598. The van der Waals surface area contributed by atoms with Gasteiger partial charge in [-0.15, -0.1) is 0 Å². The lowest BCUT2D eigenvalue weighted by molar-refractivity contribution is 0.112. The summed E-state index contributed by atoms with van der Waals surface area (Å²) in [6.07, 6.45) is -0.883. The van der Waals surface area contributed by atoms with E-state index in [9.17, 15) is 9.59 Å². The van der Waals surface area contributed by atoms with Crippen molar-refractivity contribution in [2.75, 3.05) is 5.32 Å². The van der Waals surface area contributed by atoms with Crippen LogP contribution in [0.2, 0.25) is 5.02 Å². The first-order valence-electron chi connectivity index (χ1n) is 3.52. The monoisotopic (exact) mass is 215 g/mol. The number of carboxylic acid groups (broad SMARTS) is 1. The Morgan fingerprint density at radius 1 is 1.50 bits per heavy atom. The summed E-state index contributed by atoms with van der Waals surface area (Å²) in [7, 11) is 0. The van der Waals surface area contributed by atoms with Gasteiger partial charge >= 0.3 is 6.09 Å². The van der Waals surface area contributed by atoms with Gasteiger partial charge in [0.15, 0.2) is 6.29 Å². The minimum absolute atomic E-state index is 0.00519. The number of hydrogen-bond donors (Lipinski definition) is 3. The summed E-state index contributed by atoms with van der Waals surface area (Å²) in [5.74, 6) is -0.291. The number of aldehydes is 1. The largest absolute Gasteiger partial charge is 0.506 e. The number of aromatic hydroxyl groups is 1. The van der Waals surface area contributed by atoms with Crippen molar-refractivity contribution in [3.63, 3.8) is 0 Å². The molecule has 0 saturated heterocycles. The fourth-order valence-electron chi connectivity index (χ4n) is 0.898. The predicted octanol–water partition coefficient (Wildman–Crippen LogP) is 1.95. The predicted molar refractivity (Wildman–Crippen MR) is 50.2 cm³/mol. The number of phenols is 1. The molecule has 1 rings (SSSR count). The quantitative estimate of drug-likeness (QED) is 0.658. The molecule has 0 aromatic heterocycles. The Morgan fingerprint density at radius 2 is 2.14 bits per heavy atom. The van der Waals surface area contributed by atoms with E-state index in [-0.39, 0.29) is 22.0 Å². The Hall–Kier alpha value is -1.75. The van der Waals surface area contributed by atoms with Gasteiger partial charge in [0, 0.05) is 11.6 Å². The Morgan fingerprint density at radius 3 is 2.64 bits per heavy atom. The van der Waals surface area contributed by atoms with E-state index in [0.717, 1.165) is 6.07 Å². The maximum Gasteiger partial charge on any atom is 0.409 e. The second-order valence-corrected chi connectivity index (χ2v) is 2.85. The van der Waals surface area contributed by atoms with E-state index in [2.05, 4.69) is 0 Å². The molecule has 6 heteroatoms. The van der Waals surface area contributed by atoms with Crippen LogP contribution in [0.15, 0.2) is 12.1 Å². The van der Waals surface area contributed by atoms with E-state index in [1.54, 1.807) is 0 Å². The number of benzene rings is 1. The molecule has 5 nitrogen and oxygen atoms in total. The topological polar surface area (TPSA) is 86.6 Å². The van der Waals surface area contributed by atoms with Crippen molar-refractivity contribution in [3.05, 3.63) is 22.7 Å². The van der Waals surface area contributed by atoms with Crippen molar-refractivity contribution < 1.29 is 19.8 Å². The molecule has 0 aliphatic rings. The van der Waals surface area contributed by atoms with Crippen LogP contribution in [0.4, 0.5) is 10.5 Å². The van der Waals surface area contributed by atoms with E-state index in [4.69, 9.17) is 21.8 Å². The normalized spacial score (nSPS) is 9.50. The molecule has 0 bridgehead atoms. The van der Waals surface area contributed by atoms with Crippen LogP contribution >= 0.6 is 11.6 Å². The van der Waals surface area contributed by atoms with Crippen LogP contribution in [0.5, 0.6) is 5.75 Å². The van der Waals surface area contributed by atoms with Gasteiger partial charge in [-0.3, -0.25) is 10.1 Å². The SMILES string of the molecule is O=Cc1cc(Cl)c(O)cc1NC(=O)O. The van der Waals surface area contributed by atoms with E-state index in [1.807, 2.05) is 5.32 Å². The number of phenolic OH excluding ortho intramolecular Hbond substituents is 1. The highest BCUT2D eigenvalue weighted by Gasteiger charge is 2.09. The molecule has 0 fully saturated rings. The summed E-state index contributed by atoms with van der Waals surface area (Å²) in [6, 6.07) is 2.25. The summed E-state index contributed by atoms with van der Waals surface area (Å²) in [5, 5.41) is 19.5. The fourth-order valence-corrected chi connectivity index (χ4v) is 1.07. The molecule has 3 N–H and O–H groups in total. The molecule has 1 aromatic rings. The number of anilines is 1. The number of amides is 1. The zero-order chi connectivity index (χ0) is 10.7. The average Bonchev–Trinajstić information content (AvgIpc) is 2.10. The molecule has 14 heavy (non-hydrogen) atoms. The van der Waals surface area contributed by atoms with Crippen LogP contribution in [0.1, 0.15) is 10.4 Å². The number of halogens is 1. The van der Waals surface area contributed by atoms with Gasteiger partial charge in [0.1, 0.15) is 5.75 Å². The van der Waals surface area contributed by atoms with Gasteiger partial charge in [0.25, 0.3) is 0 Å². The highest BCUT2D eigenvalue weighted by Crippen LogP contribution is 2.29. The van der Waals surface area contributed by atoms with Gasteiger partial charge in [0.05, 0.1) is 10.7 Å². The van der Waals surface area contributed by atoms with Crippen molar-refractivity contribution in [2.45, 2.75) is 0 Å². The van der Waals surface area contributed by atoms with Crippen LogP contribution in [0.3, 0.4) is 0 Å². The van der Waals surface area contributed by atoms with Crippen LogP contribution in [0.25, 0.3) is 0 Å². The number of carbonyl (C=O) groups excluding carboxylic acids is 1. The van der Waals surface area contributed by atoms with Crippen molar-refractivity contribution in [3.8, 4) is 5.75 Å². The average molecular weight is 216 g/mol. The number of hydrogen-bond acceptors (Lipinski definition) is 3. The van der Waals surface area contributed by atoms with Gasteiger partial charge in [-0.25, -0.2) is 4.79 Å². The molecule has 0 spiro atoms. The summed E-state index contributed by atoms with van der Waals surface area (Å²) < 4.78 is 0. The lowest BCUT2D eigenvalue weighted by atomic mass is 10.2. The number of carbonyl (C=O) groups is 2.